The lowest BCUT2D eigenvalue weighted by atomic mass is 9.66. The van der Waals surface area contributed by atoms with Crippen LogP contribution in [0.5, 0.6) is 11.5 Å². The molecule has 2 aliphatic heterocycles. The number of anilines is 3. The lowest BCUT2D eigenvalue weighted by Gasteiger charge is -2.40. The van der Waals surface area contributed by atoms with Crippen LogP contribution in [-0.2, 0) is 10.8 Å². The molecule has 0 unspecified atom stereocenters. The number of hydrogen-bond acceptors (Lipinski definition) is 4. The van der Waals surface area contributed by atoms with Crippen LogP contribution in [0.2, 0.25) is 0 Å². The molecule has 2 aliphatic carbocycles. The van der Waals surface area contributed by atoms with E-state index in [1.165, 1.54) is 96.7 Å². The van der Waals surface area contributed by atoms with Gasteiger partial charge in [-0.05, 0) is 146 Å². The fourth-order valence-corrected chi connectivity index (χ4v) is 15.4. The van der Waals surface area contributed by atoms with E-state index in [4.69, 9.17) is 4.74 Å². The first-order chi connectivity index (χ1) is 35.7. The summed E-state index contributed by atoms with van der Waals surface area (Å²) in [7, 11) is 0. The molecular weight excluding hydrogens is 911 g/mol. The number of hydrogen-bond donors (Lipinski definition) is 0. The van der Waals surface area contributed by atoms with Crippen molar-refractivity contribution in [1.82, 2.24) is 0 Å². The molecule has 4 heteroatoms. The SMILES string of the molecule is c1ccc2c(c1)Oc1ccccc1C21c2ccccc2-c2ccc(N(c3ccc(-c4ccc5sc6ccccc6c5c4)cc3)c3ccc4c(c3)-c3ccccc3C43c4ccccc4Sc4ccccc43)cc21. The Hall–Kier alpha value is -8.41. The molecule has 0 radical (unpaired) electrons. The molecule has 0 fully saturated rings. The number of rotatable bonds is 4. The molecular formula is C68H41NOS2. The Bertz CT molecular complexity index is 4170. The van der Waals surface area contributed by atoms with Crippen LogP contribution in [0.15, 0.2) is 259 Å². The Morgan fingerprint density at radius 3 is 1.50 bits per heavy atom. The third-order valence-corrected chi connectivity index (χ3v) is 18.3. The summed E-state index contributed by atoms with van der Waals surface area (Å²) < 4.78 is 9.38. The molecule has 3 heterocycles. The molecule has 11 aromatic carbocycles. The number of nitrogens with zero attached hydrogens (tertiary/aromatic N) is 1. The summed E-state index contributed by atoms with van der Waals surface area (Å²) in [5, 5.41) is 2.62. The van der Waals surface area contributed by atoms with E-state index in [-0.39, 0.29) is 0 Å². The Labute approximate surface area is 426 Å². The van der Waals surface area contributed by atoms with Gasteiger partial charge in [0.25, 0.3) is 0 Å². The van der Waals surface area contributed by atoms with Gasteiger partial charge < -0.3 is 9.64 Å². The van der Waals surface area contributed by atoms with Crippen molar-refractivity contribution in [3.05, 3.63) is 293 Å². The average Bonchev–Trinajstić information content (AvgIpc) is 4.07. The maximum absolute atomic E-state index is 6.75. The van der Waals surface area contributed by atoms with Crippen molar-refractivity contribution in [2.75, 3.05) is 4.90 Å². The molecule has 0 N–H and O–H groups in total. The number of benzene rings is 11. The van der Waals surface area contributed by atoms with Crippen LogP contribution in [-0.4, -0.2) is 0 Å². The molecule has 4 aliphatic rings. The van der Waals surface area contributed by atoms with Gasteiger partial charge in [-0.15, -0.1) is 11.3 Å². The molecule has 0 atom stereocenters. The average molecular weight is 952 g/mol. The summed E-state index contributed by atoms with van der Waals surface area (Å²) in [6.07, 6.45) is 0. The van der Waals surface area contributed by atoms with E-state index in [0.29, 0.717) is 0 Å². The molecule has 336 valence electrons. The first kappa shape index (κ1) is 40.3. The number of para-hydroxylation sites is 2. The molecule has 12 aromatic rings. The highest BCUT2D eigenvalue weighted by Crippen LogP contribution is 2.65. The predicted molar refractivity (Wildman–Crippen MR) is 298 cm³/mol. The fraction of sp³-hybridized carbons (Fsp3) is 0.0294. The van der Waals surface area contributed by atoms with E-state index < -0.39 is 10.8 Å². The van der Waals surface area contributed by atoms with E-state index in [1.807, 2.05) is 23.1 Å². The zero-order valence-corrected chi connectivity index (χ0v) is 40.5. The van der Waals surface area contributed by atoms with Crippen molar-refractivity contribution in [2.45, 2.75) is 20.6 Å². The molecule has 2 nitrogen and oxygen atoms in total. The summed E-state index contributed by atoms with van der Waals surface area (Å²) in [6.45, 7) is 0. The van der Waals surface area contributed by atoms with Gasteiger partial charge in [0, 0.05) is 58.2 Å². The fourth-order valence-electron chi connectivity index (χ4n) is 13.1. The molecule has 0 bridgehead atoms. The van der Waals surface area contributed by atoms with E-state index in [1.54, 1.807) is 0 Å². The van der Waals surface area contributed by atoms with E-state index in [0.717, 1.165) is 39.7 Å². The molecule has 0 saturated heterocycles. The van der Waals surface area contributed by atoms with E-state index in [9.17, 15) is 0 Å². The zero-order valence-electron chi connectivity index (χ0n) is 38.8. The summed E-state index contributed by atoms with van der Waals surface area (Å²) >= 11 is 3.75. The summed E-state index contributed by atoms with van der Waals surface area (Å²) in [6, 6.07) is 92.9. The summed E-state index contributed by atoms with van der Waals surface area (Å²) in [5.41, 5.74) is 19.8. The van der Waals surface area contributed by atoms with Crippen LogP contribution in [0.25, 0.3) is 53.6 Å². The third-order valence-electron chi connectivity index (χ3n) is 16.0. The van der Waals surface area contributed by atoms with Gasteiger partial charge in [-0.25, -0.2) is 0 Å². The Kier molecular flexibility index (Phi) is 8.43. The minimum Gasteiger partial charge on any atom is -0.457 e. The predicted octanol–water partition coefficient (Wildman–Crippen LogP) is 18.5. The minimum absolute atomic E-state index is 0.459. The van der Waals surface area contributed by atoms with Gasteiger partial charge in [0.15, 0.2) is 0 Å². The monoisotopic (exact) mass is 951 g/mol. The van der Waals surface area contributed by atoms with Crippen LogP contribution in [0.1, 0.15) is 44.5 Å². The van der Waals surface area contributed by atoms with Crippen molar-refractivity contribution >= 4 is 60.3 Å². The first-order valence-corrected chi connectivity index (χ1v) is 26.4. The van der Waals surface area contributed by atoms with Crippen molar-refractivity contribution in [1.29, 1.82) is 0 Å². The maximum atomic E-state index is 6.75. The Balaban J connectivity index is 0.929. The van der Waals surface area contributed by atoms with Crippen molar-refractivity contribution < 1.29 is 4.74 Å². The largest absolute Gasteiger partial charge is 0.457 e. The lowest BCUT2D eigenvalue weighted by Crippen LogP contribution is -2.32. The molecule has 0 amide bonds. The standard InChI is InChI=1S/C68H41NOS2/c1-4-18-53-47(15-1)49-36-34-46(41-60(49)68(53)56-20-6-10-24-61(56)70-62-25-11-7-21-57(62)68)69(44-32-29-42(30-33-44)43-31-38-64-52(39-43)50-17-3-12-26-63(50)71-64)45-35-37-55-51(40-45)48-16-2-5-19-54(48)67(55)58-22-8-13-27-65(58)72-66-28-14-9-23-59(66)67/h1-41H. The maximum Gasteiger partial charge on any atom is 0.132 e. The molecule has 1 aromatic heterocycles. The highest BCUT2D eigenvalue weighted by atomic mass is 32.2. The van der Waals surface area contributed by atoms with Gasteiger partial charge in [0.05, 0.1) is 10.8 Å². The van der Waals surface area contributed by atoms with E-state index >= 15 is 0 Å². The quantitative estimate of drug-likeness (QED) is 0.174. The molecule has 16 rings (SSSR count). The lowest BCUT2D eigenvalue weighted by molar-refractivity contribution is 0.436. The van der Waals surface area contributed by atoms with Gasteiger partial charge >= 0.3 is 0 Å². The number of ether oxygens (including phenoxy) is 1. The first-order valence-electron chi connectivity index (χ1n) is 24.7. The van der Waals surface area contributed by atoms with Crippen molar-refractivity contribution in [3.63, 3.8) is 0 Å². The second-order valence-electron chi connectivity index (χ2n) is 19.4. The zero-order chi connectivity index (χ0) is 47.1. The molecule has 72 heavy (non-hydrogen) atoms. The van der Waals surface area contributed by atoms with E-state index in [2.05, 4.69) is 254 Å². The second-order valence-corrected chi connectivity index (χ2v) is 21.6. The summed E-state index contributed by atoms with van der Waals surface area (Å²) in [5.74, 6) is 1.78. The molecule has 2 spiro atoms. The summed E-state index contributed by atoms with van der Waals surface area (Å²) in [4.78, 5) is 5.10. The van der Waals surface area contributed by atoms with Gasteiger partial charge in [0.1, 0.15) is 11.5 Å². The second kappa shape index (κ2) is 15.1. The topological polar surface area (TPSA) is 12.5 Å². The van der Waals surface area contributed by atoms with Gasteiger partial charge in [-0.1, -0.05) is 182 Å². The van der Waals surface area contributed by atoms with Crippen LogP contribution < -0.4 is 9.64 Å². The van der Waals surface area contributed by atoms with Crippen molar-refractivity contribution in [3.8, 4) is 44.9 Å². The van der Waals surface area contributed by atoms with Crippen LogP contribution >= 0.6 is 23.1 Å². The third kappa shape index (κ3) is 5.35. The van der Waals surface area contributed by atoms with Crippen LogP contribution in [0.3, 0.4) is 0 Å². The number of fused-ring (bicyclic) bond motifs is 21. The highest BCUT2D eigenvalue weighted by molar-refractivity contribution is 7.99. The van der Waals surface area contributed by atoms with Crippen LogP contribution in [0.4, 0.5) is 17.1 Å². The normalized spacial score (nSPS) is 14.4. The minimum atomic E-state index is -0.601. The van der Waals surface area contributed by atoms with Gasteiger partial charge in [-0.3, -0.25) is 0 Å². The Morgan fingerprint density at radius 1 is 0.306 bits per heavy atom. The van der Waals surface area contributed by atoms with Gasteiger partial charge in [0.2, 0.25) is 0 Å². The highest BCUT2D eigenvalue weighted by Gasteiger charge is 2.52. The Morgan fingerprint density at radius 2 is 0.792 bits per heavy atom. The smallest absolute Gasteiger partial charge is 0.132 e. The van der Waals surface area contributed by atoms with Crippen molar-refractivity contribution in [2.24, 2.45) is 0 Å². The van der Waals surface area contributed by atoms with Crippen LogP contribution in [0, 0.1) is 0 Å². The molecule has 0 saturated carbocycles. The van der Waals surface area contributed by atoms with Gasteiger partial charge in [-0.2, -0.15) is 0 Å². The number of thiophene rings is 1.